The largest absolute Gasteiger partial charge is 0.338 e. The van der Waals surface area contributed by atoms with E-state index >= 15 is 0 Å². The number of hydrogen-bond acceptors (Lipinski definition) is 4. The highest BCUT2D eigenvalue weighted by molar-refractivity contribution is 5.88. The maximum absolute atomic E-state index is 11.9. The van der Waals surface area contributed by atoms with Crippen molar-refractivity contribution in [2.24, 2.45) is 16.8 Å². The summed E-state index contributed by atoms with van der Waals surface area (Å²) in [6.45, 7) is 3.10. The van der Waals surface area contributed by atoms with Gasteiger partial charge in [0.2, 0.25) is 6.08 Å². The fraction of sp³-hybridized carbons (Fsp3) is 0.562. The third kappa shape index (κ3) is 5.30. The third-order valence-corrected chi connectivity index (χ3v) is 4.03. The van der Waals surface area contributed by atoms with Crippen LogP contribution in [0.2, 0.25) is 0 Å². The quantitative estimate of drug-likeness (QED) is 0.648. The van der Waals surface area contributed by atoms with E-state index in [0.717, 1.165) is 31.4 Å². The summed E-state index contributed by atoms with van der Waals surface area (Å²) >= 11 is 0. The van der Waals surface area contributed by atoms with E-state index in [0.29, 0.717) is 30.6 Å². The minimum absolute atomic E-state index is 0.210. The second-order valence-electron chi connectivity index (χ2n) is 5.85. The number of nitrogens with zero attached hydrogens (tertiary/aromatic N) is 2. The molecule has 1 heterocycles. The fourth-order valence-electron chi connectivity index (χ4n) is 2.87. The molecule has 1 aromatic rings. The number of hydrogen-bond donors (Lipinski definition) is 2. The Labute approximate surface area is 130 Å². The Balaban J connectivity index is 1.73. The average Bonchev–Trinajstić information content (AvgIpc) is 2.53. The predicted molar refractivity (Wildman–Crippen MR) is 84.4 cm³/mol. The van der Waals surface area contributed by atoms with E-state index < -0.39 is 0 Å². The van der Waals surface area contributed by atoms with Gasteiger partial charge in [-0.05, 0) is 50.2 Å². The van der Waals surface area contributed by atoms with Gasteiger partial charge in [0, 0.05) is 12.2 Å². The molecule has 0 saturated heterocycles. The van der Waals surface area contributed by atoms with Gasteiger partial charge in [0.05, 0.1) is 18.4 Å². The standard InChI is InChI=1S/C16H22N4O2/c1-12-5-6-15(10-18-12)20-16(22)19-9-14-4-2-3-13(7-14)8-17-11-21/h5-6,10,13-14H,2-4,7-9H2,1H3,(H2,19,20,22). The van der Waals surface area contributed by atoms with Crippen molar-refractivity contribution in [3.63, 3.8) is 0 Å². The first-order valence-electron chi connectivity index (χ1n) is 7.68. The van der Waals surface area contributed by atoms with Crippen LogP contribution in [0.5, 0.6) is 0 Å². The Bertz CT molecular complexity index is 538. The van der Waals surface area contributed by atoms with Gasteiger partial charge in [-0.2, -0.15) is 0 Å². The summed E-state index contributed by atoms with van der Waals surface area (Å²) in [4.78, 5) is 29.9. The van der Waals surface area contributed by atoms with Gasteiger partial charge in [0.1, 0.15) is 0 Å². The zero-order valence-electron chi connectivity index (χ0n) is 12.8. The number of aryl methyl sites for hydroxylation is 1. The van der Waals surface area contributed by atoms with Crippen LogP contribution in [0.15, 0.2) is 23.3 Å². The highest BCUT2D eigenvalue weighted by Gasteiger charge is 2.22. The molecular formula is C16H22N4O2. The van der Waals surface area contributed by atoms with Crippen LogP contribution in [0.25, 0.3) is 0 Å². The number of carbonyl (C=O) groups excluding carboxylic acids is 2. The lowest BCUT2D eigenvalue weighted by molar-refractivity contribution is 0.239. The Kier molecular flexibility index (Phi) is 6.10. The number of amides is 2. The van der Waals surface area contributed by atoms with Gasteiger partial charge in [-0.15, -0.1) is 0 Å². The van der Waals surface area contributed by atoms with Crippen LogP contribution < -0.4 is 10.6 Å². The lowest BCUT2D eigenvalue weighted by atomic mass is 9.81. The number of anilines is 1. The van der Waals surface area contributed by atoms with Crippen LogP contribution in [0, 0.1) is 18.8 Å². The number of nitrogens with one attached hydrogen (secondary N) is 2. The van der Waals surface area contributed by atoms with Crippen molar-refractivity contribution in [2.45, 2.75) is 32.6 Å². The lowest BCUT2D eigenvalue weighted by Crippen LogP contribution is -2.35. The number of isocyanates is 1. The normalized spacial score (nSPS) is 20.8. The summed E-state index contributed by atoms with van der Waals surface area (Å²) < 4.78 is 0. The SMILES string of the molecule is Cc1ccc(NC(=O)NCC2CCCC(CN=C=O)C2)cn1. The molecule has 2 rings (SSSR count). The first-order chi connectivity index (χ1) is 10.7. The number of rotatable bonds is 5. The molecule has 0 radical (unpaired) electrons. The van der Waals surface area contributed by atoms with Gasteiger partial charge in [-0.3, -0.25) is 4.98 Å². The number of aliphatic imine (C=N–C) groups is 1. The first kappa shape index (κ1) is 16.2. The van der Waals surface area contributed by atoms with Crippen LogP contribution in [0.3, 0.4) is 0 Å². The molecule has 2 atom stereocenters. The van der Waals surface area contributed by atoms with Gasteiger partial charge >= 0.3 is 6.03 Å². The van der Waals surface area contributed by atoms with Crippen molar-refractivity contribution in [3.8, 4) is 0 Å². The molecule has 6 nitrogen and oxygen atoms in total. The molecule has 1 saturated carbocycles. The maximum Gasteiger partial charge on any atom is 0.319 e. The molecular weight excluding hydrogens is 280 g/mol. The zero-order valence-corrected chi connectivity index (χ0v) is 12.8. The van der Waals surface area contributed by atoms with E-state index in [1.807, 2.05) is 19.1 Å². The van der Waals surface area contributed by atoms with E-state index in [1.165, 1.54) is 0 Å². The molecule has 2 N–H and O–H groups in total. The van der Waals surface area contributed by atoms with E-state index in [9.17, 15) is 9.59 Å². The molecule has 22 heavy (non-hydrogen) atoms. The predicted octanol–water partition coefficient (Wildman–Crippen LogP) is 2.65. The Morgan fingerprint density at radius 2 is 2.23 bits per heavy atom. The fourth-order valence-corrected chi connectivity index (χ4v) is 2.87. The molecule has 1 fully saturated rings. The van der Waals surface area contributed by atoms with Crippen molar-refractivity contribution >= 4 is 17.8 Å². The molecule has 1 aliphatic rings. The molecule has 6 heteroatoms. The third-order valence-electron chi connectivity index (χ3n) is 4.03. The van der Waals surface area contributed by atoms with Crippen molar-refractivity contribution in [3.05, 3.63) is 24.0 Å². The van der Waals surface area contributed by atoms with Crippen molar-refractivity contribution in [1.29, 1.82) is 0 Å². The van der Waals surface area contributed by atoms with E-state index in [2.05, 4.69) is 20.6 Å². The van der Waals surface area contributed by atoms with Gasteiger partial charge < -0.3 is 10.6 Å². The summed E-state index contributed by atoms with van der Waals surface area (Å²) in [5.41, 5.74) is 1.60. The van der Waals surface area contributed by atoms with Gasteiger partial charge in [0.25, 0.3) is 0 Å². The van der Waals surface area contributed by atoms with Gasteiger partial charge in [0.15, 0.2) is 0 Å². The average molecular weight is 302 g/mol. The Hall–Kier alpha value is -2.20. The smallest absolute Gasteiger partial charge is 0.319 e. The minimum atomic E-state index is -0.210. The number of aromatic nitrogens is 1. The van der Waals surface area contributed by atoms with Gasteiger partial charge in [-0.1, -0.05) is 6.42 Å². The van der Waals surface area contributed by atoms with Crippen LogP contribution >= 0.6 is 0 Å². The number of pyridine rings is 1. The molecule has 0 bridgehead atoms. The minimum Gasteiger partial charge on any atom is -0.338 e. The molecule has 118 valence electrons. The summed E-state index contributed by atoms with van der Waals surface area (Å²) in [5.74, 6) is 0.883. The van der Waals surface area contributed by atoms with E-state index in [-0.39, 0.29) is 6.03 Å². The monoisotopic (exact) mass is 302 g/mol. The van der Waals surface area contributed by atoms with E-state index in [1.54, 1.807) is 12.3 Å². The van der Waals surface area contributed by atoms with E-state index in [4.69, 9.17) is 0 Å². The summed E-state index contributed by atoms with van der Waals surface area (Å²) in [5, 5.41) is 5.68. The zero-order chi connectivity index (χ0) is 15.8. The van der Waals surface area contributed by atoms with Crippen molar-refractivity contribution in [2.75, 3.05) is 18.4 Å². The van der Waals surface area contributed by atoms with Gasteiger partial charge in [-0.25, -0.2) is 14.6 Å². The first-order valence-corrected chi connectivity index (χ1v) is 7.68. The molecule has 1 aliphatic carbocycles. The highest BCUT2D eigenvalue weighted by atomic mass is 16.2. The Morgan fingerprint density at radius 1 is 1.41 bits per heavy atom. The van der Waals surface area contributed by atoms with Crippen LogP contribution in [-0.2, 0) is 4.79 Å². The second kappa shape index (κ2) is 8.29. The number of urea groups is 1. The summed E-state index contributed by atoms with van der Waals surface area (Å²) in [6, 6.07) is 3.48. The Morgan fingerprint density at radius 3 is 2.95 bits per heavy atom. The van der Waals surface area contributed by atoms with Crippen LogP contribution in [-0.4, -0.2) is 30.2 Å². The molecule has 2 unspecified atom stereocenters. The highest BCUT2D eigenvalue weighted by Crippen LogP contribution is 2.28. The van der Waals surface area contributed by atoms with Crippen molar-refractivity contribution in [1.82, 2.24) is 10.3 Å². The maximum atomic E-state index is 11.9. The second-order valence-corrected chi connectivity index (χ2v) is 5.85. The van der Waals surface area contributed by atoms with Crippen molar-refractivity contribution < 1.29 is 9.59 Å². The summed E-state index contributed by atoms with van der Waals surface area (Å²) in [6.07, 6.45) is 7.56. The topological polar surface area (TPSA) is 83.5 Å². The van der Waals surface area contributed by atoms with Crippen LogP contribution in [0.4, 0.5) is 10.5 Å². The molecule has 1 aromatic heterocycles. The van der Waals surface area contributed by atoms with Crippen LogP contribution in [0.1, 0.15) is 31.4 Å². The molecule has 2 amide bonds. The molecule has 0 aromatic carbocycles. The molecule has 0 spiro atoms. The molecule has 0 aliphatic heterocycles. The number of carbonyl (C=O) groups is 1. The summed E-state index contributed by atoms with van der Waals surface area (Å²) in [7, 11) is 0. The lowest BCUT2D eigenvalue weighted by Gasteiger charge is -2.28.